The van der Waals surface area contributed by atoms with Crippen LogP contribution >= 0.6 is 7.82 Å². The van der Waals surface area contributed by atoms with Gasteiger partial charge in [0.2, 0.25) is 5.91 Å². The summed E-state index contributed by atoms with van der Waals surface area (Å²) in [7, 11) is 1.42. The van der Waals surface area contributed by atoms with Gasteiger partial charge in [0.05, 0.1) is 33.8 Å². The third-order valence-corrected chi connectivity index (χ3v) is 12.1. The number of nitrogens with zero attached hydrogens (tertiary/aromatic N) is 1. The number of carbonyl (C=O) groups excluding carboxylic acids is 2. The van der Waals surface area contributed by atoms with Crippen LogP contribution in [0.2, 0.25) is 0 Å². The molecule has 1 amide bonds. The van der Waals surface area contributed by atoms with Crippen molar-refractivity contribution in [1.29, 1.82) is 0 Å². The Kier molecular flexibility index (Phi) is 45.0. The Bertz CT molecular complexity index is 1530. The second-order valence-corrected chi connectivity index (χ2v) is 20.3. The average Bonchev–Trinajstić information content (AvgIpc) is 3.29. The van der Waals surface area contributed by atoms with Gasteiger partial charge in [-0.15, -0.1) is 0 Å². The average molecular weight is 968 g/mol. The predicted molar refractivity (Wildman–Crippen MR) is 290 cm³/mol. The molecule has 0 aliphatic rings. The minimum atomic E-state index is -4.47. The molecule has 0 fully saturated rings. The molecule has 0 aromatic carbocycles. The summed E-state index contributed by atoms with van der Waals surface area (Å²) in [5.74, 6) is -0.645. The SMILES string of the molecule is CC\C=C/C=C/C=C/C=C\C=C\C=C\CCCCCC(=O)NC(COP(=O)(O)OCC[N+](C)(C)C)C(/C=C\CCCCCCCCCCCC)OC(=O)CC/C=C/C/C=C\CCCCCCCC. The number of quaternary nitrogens is 1. The molecular formula is C58H100N2O7P+. The Morgan fingerprint density at radius 3 is 1.56 bits per heavy atom. The van der Waals surface area contributed by atoms with Crippen molar-refractivity contribution in [2.24, 2.45) is 0 Å². The highest BCUT2D eigenvalue weighted by atomic mass is 31.2. The van der Waals surface area contributed by atoms with Crippen LogP contribution in [-0.4, -0.2) is 74.3 Å². The largest absolute Gasteiger partial charge is 0.472 e. The Balaban J connectivity index is 5.59. The van der Waals surface area contributed by atoms with Crippen LogP contribution in [0.5, 0.6) is 0 Å². The number of esters is 1. The zero-order valence-electron chi connectivity index (χ0n) is 44.1. The van der Waals surface area contributed by atoms with Crippen molar-refractivity contribution >= 4 is 19.7 Å². The summed E-state index contributed by atoms with van der Waals surface area (Å²) in [5.41, 5.74) is 0. The summed E-state index contributed by atoms with van der Waals surface area (Å²) in [5, 5.41) is 3.00. The lowest BCUT2D eigenvalue weighted by molar-refractivity contribution is -0.870. The maximum absolute atomic E-state index is 13.4. The number of rotatable bonds is 46. The molecule has 0 saturated heterocycles. The maximum Gasteiger partial charge on any atom is 0.472 e. The highest BCUT2D eigenvalue weighted by Crippen LogP contribution is 2.43. The Hall–Kier alpha value is -3.33. The molecule has 388 valence electrons. The van der Waals surface area contributed by atoms with E-state index in [1.807, 2.05) is 100 Å². The van der Waals surface area contributed by atoms with Gasteiger partial charge in [-0.1, -0.05) is 220 Å². The Labute approximate surface area is 417 Å². The first kappa shape index (κ1) is 64.7. The Morgan fingerprint density at radius 1 is 0.544 bits per heavy atom. The second kappa shape index (κ2) is 47.4. The lowest BCUT2D eigenvalue weighted by Gasteiger charge is -2.27. The standard InChI is InChI=1S/C58H99N2O7P/c1-7-10-13-16-19-22-25-28-29-30-31-33-35-38-41-44-47-50-57(61)59-55(54-66-68(63,64)65-53-52-60(4,5)6)56(49-46-43-40-37-34-27-24-21-18-15-12-9-3)67-58(62)51-48-45-42-39-36-32-26-23-20-17-14-11-8-2/h10,13,16,19,22,25,28-33,35-36,42,45-46,49,55-56H,7-9,11-12,14-15,17-18,20-21,23-24,26-27,34,37-41,43-44,47-48,50-54H2,1-6H3,(H-,59,61,63,64)/p+1/b13-10-,19-16+,25-22+,29-28-,31-30+,35-33+,36-32-,45-42+,49-46-. The van der Waals surface area contributed by atoms with Gasteiger partial charge in [0, 0.05) is 12.8 Å². The van der Waals surface area contributed by atoms with E-state index in [0.717, 1.165) is 57.8 Å². The summed E-state index contributed by atoms with van der Waals surface area (Å²) < 4.78 is 30.4. The molecule has 2 N–H and O–H groups in total. The van der Waals surface area contributed by atoms with Crippen molar-refractivity contribution in [2.75, 3.05) is 40.9 Å². The number of phosphoric acid groups is 1. The number of nitrogens with one attached hydrogen (secondary N) is 1. The zero-order valence-corrected chi connectivity index (χ0v) is 44.9. The summed E-state index contributed by atoms with van der Waals surface area (Å²) in [4.78, 5) is 37.4. The first-order valence-corrected chi connectivity index (χ1v) is 28.3. The number of carbonyl (C=O) groups is 2. The fraction of sp³-hybridized carbons (Fsp3) is 0.655. The van der Waals surface area contributed by atoms with Gasteiger partial charge in [-0.3, -0.25) is 18.6 Å². The van der Waals surface area contributed by atoms with E-state index < -0.39 is 25.9 Å². The van der Waals surface area contributed by atoms with Gasteiger partial charge >= 0.3 is 13.8 Å². The maximum atomic E-state index is 13.4. The minimum Gasteiger partial charge on any atom is -0.456 e. The van der Waals surface area contributed by atoms with E-state index in [4.69, 9.17) is 13.8 Å². The Morgan fingerprint density at radius 2 is 1.01 bits per heavy atom. The number of allylic oxidation sites excluding steroid dienone is 17. The molecule has 0 radical (unpaired) electrons. The van der Waals surface area contributed by atoms with Crippen LogP contribution < -0.4 is 5.32 Å². The summed E-state index contributed by atoms with van der Waals surface area (Å²) in [6, 6.07) is -0.899. The summed E-state index contributed by atoms with van der Waals surface area (Å²) >= 11 is 0. The smallest absolute Gasteiger partial charge is 0.456 e. The van der Waals surface area contributed by atoms with E-state index in [-0.39, 0.29) is 32.0 Å². The normalized spacial score (nSPS) is 14.8. The molecule has 9 nitrogen and oxygen atoms in total. The molecule has 3 unspecified atom stereocenters. The number of amides is 1. The van der Waals surface area contributed by atoms with Gasteiger partial charge in [-0.05, 0) is 70.3 Å². The quantitative estimate of drug-likeness (QED) is 0.0156. The lowest BCUT2D eigenvalue weighted by atomic mass is 10.1. The fourth-order valence-electron chi connectivity index (χ4n) is 6.96. The fourth-order valence-corrected chi connectivity index (χ4v) is 7.70. The predicted octanol–water partition coefficient (Wildman–Crippen LogP) is 15.8. The van der Waals surface area contributed by atoms with Crippen LogP contribution in [0.3, 0.4) is 0 Å². The number of hydrogen-bond acceptors (Lipinski definition) is 6. The molecule has 0 rings (SSSR count). The number of likely N-dealkylation sites (N-methyl/N-ethyl adjacent to an activating group) is 1. The van der Waals surface area contributed by atoms with E-state index >= 15 is 0 Å². The van der Waals surface area contributed by atoms with Crippen LogP contribution in [0.4, 0.5) is 0 Å². The molecule has 3 atom stereocenters. The topological polar surface area (TPSA) is 111 Å². The van der Waals surface area contributed by atoms with Crippen molar-refractivity contribution in [2.45, 2.75) is 206 Å². The number of hydrogen-bond donors (Lipinski definition) is 2. The molecule has 0 aromatic heterocycles. The van der Waals surface area contributed by atoms with Crippen LogP contribution in [0, 0.1) is 0 Å². The second-order valence-electron chi connectivity index (χ2n) is 18.8. The van der Waals surface area contributed by atoms with Crippen LogP contribution in [0.1, 0.15) is 194 Å². The molecule has 0 spiro atoms. The molecule has 0 heterocycles. The minimum absolute atomic E-state index is 0.0175. The van der Waals surface area contributed by atoms with E-state index in [0.29, 0.717) is 23.9 Å². The monoisotopic (exact) mass is 968 g/mol. The van der Waals surface area contributed by atoms with Gasteiger partial charge in [0.25, 0.3) is 0 Å². The van der Waals surface area contributed by atoms with Gasteiger partial charge < -0.3 is 19.4 Å². The van der Waals surface area contributed by atoms with Crippen molar-refractivity contribution in [3.63, 3.8) is 0 Å². The van der Waals surface area contributed by atoms with E-state index in [9.17, 15) is 19.0 Å². The lowest BCUT2D eigenvalue weighted by Crippen LogP contribution is -2.47. The van der Waals surface area contributed by atoms with Gasteiger partial charge in [0.15, 0.2) is 0 Å². The number of unbranched alkanes of at least 4 members (excludes halogenated alkanes) is 19. The third kappa shape index (κ3) is 47.7. The van der Waals surface area contributed by atoms with Crippen LogP contribution in [0.15, 0.2) is 109 Å². The molecule has 0 aromatic rings. The molecule has 0 aliphatic heterocycles. The highest BCUT2D eigenvalue weighted by Gasteiger charge is 2.30. The van der Waals surface area contributed by atoms with E-state index in [1.54, 1.807) is 0 Å². The zero-order chi connectivity index (χ0) is 50.1. The van der Waals surface area contributed by atoms with Crippen molar-refractivity contribution in [1.82, 2.24) is 5.32 Å². The van der Waals surface area contributed by atoms with E-state index in [1.165, 1.54) is 89.9 Å². The first-order chi connectivity index (χ1) is 32.9. The molecule has 10 heteroatoms. The number of phosphoric ester groups is 1. The third-order valence-electron chi connectivity index (χ3n) is 11.1. The van der Waals surface area contributed by atoms with Gasteiger partial charge in [-0.2, -0.15) is 0 Å². The van der Waals surface area contributed by atoms with Crippen molar-refractivity contribution in [3.05, 3.63) is 109 Å². The number of ether oxygens (including phenoxy) is 1. The molecule has 68 heavy (non-hydrogen) atoms. The molecule has 0 aliphatic carbocycles. The van der Waals surface area contributed by atoms with Gasteiger partial charge in [-0.25, -0.2) is 4.57 Å². The van der Waals surface area contributed by atoms with Crippen molar-refractivity contribution in [3.8, 4) is 0 Å². The summed E-state index contributed by atoms with van der Waals surface area (Å²) in [6.45, 7) is 6.75. The van der Waals surface area contributed by atoms with E-state index in [2.05, 4.69) is 56.5 Å². The van der Waals surface area contributed by atoms with Crippen molar-refractivity contribution < 1.29 is 37.3 Å². The van der Waals surface area contributed by atoms with Crippen LogP contribution in [-0.2, 0) is 27.9 Å². The van der Waals surface area contributed by atoms with Gasteiger partial charge in [0.1, 0.15) is 19.3 Å². The first-order valence-electron chi connectivity index (χ1n) is 26.8. The molecular weight excluding hydrogens is 868 g/mol. The summed E-state index contributed by atoms with van der Waals surface area (Å²) in [6.07, 6.45) is 63.8. The van der Waals surface area contributed by atoms with Crippen LogP contribution in [0.25, 0.3) is 0 Å². The molecule has 0 bridgehead atoms. The highest BCUT2D eigenvalue weighted by molar-refractivity contribution is 7.47. The molecule has 0 saturated carbocycles.